The molecule has 192 valence electrons. The van der Waals surface area contributed by atoms with E-state index in [1.165, 1.54) is 17.3 Å². The van der Waals surface area contributed by atoms with Crippen LogP contribution in [0.15, 0.2) is 80.5 Å². The first-order valence-electron chi connectivity index (χ1n) is 12.1. The number of halogens is 1. The number of nitrogens with one attached hydrogen (secondary N) is 1. The van der Waals surface area contributed by atoms with Crippen molar-refractivity contribution in [3.05, 3.63) is 94.2 Å². The molecular formula is C30H26ClN3O2S2. The molecule has 1 N–H and O–H groups in total. The number of carbonyl (C=O) groups excluding carboxylic acids is 1. The largest absolute Gasteiger partial charge is 0.455 e. The Morgan fingerprint density at radius 1 is 1.05 bits per heavy atom. The standard InChI is InChI=1S/C30H26ClN3O2S2/c1-17-13-18(2)28(19(3)14-17)34-29(35)20(4)37-30-33-25-11-9-23(15-27(25)38-30)32-16-24-10-12-26(36-24)21-5-7-22(31)8-6-21/h5-16,20H,1-4H3,(H,34,35). The average Bonchev–Trinajstić information content (AvgIpc) is 3.51. The molecule has 0 aliphatic heterocycles. The highest BCUT2D eigenvalue weighted by atomic mass is 35.5. The van der Waals surface area contributed by atoms with E-state index >= 15 is 0 Å². The lowest BCUT2D eigenvalue weighted by Gasteiger charge is -2.15. The first-order valence-corrected chi connectivity index (χ1v) is 14.2. The van der Waals surface area contributed by atoms with Crippen LogP contribution in [0.25, 0.3) is 21.5 Å². The number of thiazole rings is 1. The quantitative estimate of drug-likeness (QED) is 0.159. The van der Waals surface area contributed by atoms with E-state index in [1.807, 2.05) is 75.4 Å². The molecular weight excluding hydrogens is 534 g/mol. The molecule has 3 aromatic carbocycles. The molecule has 1 atom stereocenters. The van der Waals surface area contributed by atoms with Gasteiger partial charge in [0.2, 0.25) is 5.91 Å². The van der Waals surface area contributed by atoms with Gasteiger partial charge in [0.25, 0.3) is 0 Å². The molecule has 5 rings (SSSR count). The summed E-state index contributed by atoms with van der Waals surface area (Å²) < 4.78 is 7.77. The van der Waals surface area contributed by atoms with E-state index in [1.54, 1.807) is 17.6 Å². The van der Waals surface area contributed by atoms with E-state index in [0.717, 1.165) is 48.4 Å². The van der Waals surface area contributed by atoms with Crippen molar-refractivity contribution >= 4 is 68.4 Å². The topological polar surface area (TPSA) is 67.5 Å². The van der Waals surface area contributed by atoms with Crippen LogP contribution in [0, 0.1) is 20.8 Å². The van der Waals surface area contributed by atoms with Gasteiger partial charge in [0.05, 0.1) is 27.4 Å². The zero-order valence-electron chi connectivity index (χ0n) is 21.4. The number of aromatic nitrogens is 1. The Bertz CT molecular complexity index is 1630. The maximum Gasteiger partial charge on any atom is 0.237 e. The van der Waals surface area contributed by atoms with E-state index in [4.69, 9.17) is 21.0 Å². The Morgan fingerprint density at radius 2 is 1.79 bits per heavy atom. The molecule has 0 radical (unpaired) electrons. The number of furan rings is 1. The Hall–Kier alpha value is -3.39. The van der Waals surface area contributed by atoms with Crippen LogP contribution in [-0.4, -0.2) is 22.4 Å². The van der Waals surface area contributed by atoms with Crippen LogP contribution in [0.2, 0.25) is 5.02 Å². The van der Waals surface area contributed by atoms with Gasteiger partial charge in [-0.2, -0.15) is 0 Å². The molecule has 0 fully saturated rings. The highest BCUT2D eigenvalue weighted by Crippen LogP contribution is 2.35. The smallest absolute Gasteiger partial charge is 0.237 e. The number of nitrogens with zero attached hydrogens (tertiary/aromatic N) is 2. The molecule has 0 aliphatic carbocycles. The summed E-state index contributed by atoms with van der Waals surface area (Å²) in [4.78, 5) is 22.2. The van der Waals surface area contributed by atoms with Crippen molar-refractivity contribution in [3.63, 3.8) is 0 Å². The van der Waals surface area contributed by atoms with Gasteiger partial charge in [0.15, 0.2) is 4.34 Å². The number of hydrogen-bond acceptors (Lipinski definition) is 6. The molecule has 0 saturated heterocycles. The van der Waals surface area contributed by atoms with Gasteiger partial charge >= 0.3 is 0 Å². The third kappa shape index (κ3) is 6.01. The van der Waals surface area contributed by atoms with Crippen LogP contribution in [0.4, 0.5) is 11.4 Å². The van der Waals surface area contributed by atoms with E-state index in [2.05, 4.69) is 29.4 Å². The van der Waals surface area contributed by atoms with Gasteiger partial charge in [-0.3, -0.25) is 9.79 Å². The number of fused-ring (bicyclic) bond motifs is 1. The Balaban J connectivity index is 1.25. The monoisotopic (exact) mass is 559 g/mol. The van der Waals surface area contributed by atoms with Gasteiger partial charge < -0.3 is 9.73 Å². The van der Waals surface area contributed by atoms with Crippen molar-refractivity contribution in [2.24, 2.45) is 4.99 Å². The van der Waals surface area contributed by atoms with Crippen molar-refractivity contribution in [1.82, 2.24) is 4.98 Å². The minimum atomic E-state index is -0.290. The Labute approximate surface area is 235 Å². The fraction of sp³-hybridized carbons (Fsp3) is 0.167. The first kappa shape index (κ1) is 26.2. The molecule has 0 spiro atoms. The van der Waals surface area contributed by atoms with Crippen LogP contribution in [0.1, 0.15) is 29.4 Å². The van der Waals surface area contributed by atoms with E-state index in [9.17, 15) is 4.79 Å². The summed E-state index contributed by atoms with van der Waals surface area (Å²) in [6.07, 6.45) is 1.71. The van der Waals surface area contributed by atoms with E-state index < -0.39 is 0 Å². The van der Waals surface area contributed by atoms with Crippen molar-refractivity contribution in [3.8, 4) is 11.3 Å². The molecule has 1 amide bonds. The predicted molar refractivity (Wildman–Crippen MR) is 161 cm³/mol. The molecule has 1 unspecified atom stereocenters. The van der Waals surface area contributed by atoms with Crippen molar-refractivity contribution in [2.45, 2.75) is 37.3 Å². The fourth-order valence-corrected chi connectivity index (χ4v) is 6.53. The summed E-state index contributed by atoms with van der Waals surface area (Å²) in [7, 11) is 0. The van der Waals surface area contributed by atoms with Crippen molar-refractivity contribution in [1.29, 1.82) is 0 Å². The van der Waals surface area contributed by atoms with E-state index in [0.29, 0.717) is 10.8 Å². The highest BCUT2D eigenvalue weighted by molar-refractivity contribution is 8.02. The highest BCUT2D eigenvalue weighted by Gasteiger charge is 2.19. The number of anilines is 1. The second-order valence-corrected chi connectivity index (χ2v) is 12.2. The van der Waals surface area contributed by atoms with Crippen LogP contribution in [0.3, 0.4) is 0 Å². The maximum atomic E-state index is 12.9. The number of rotatable bonds is 7. The molecule has 38 heavy (non-hydrogen) atoms. The van der Waals surface area contributed by atoms with Crippen LogP contribution in [0.5, 0.6) is 0 Å². The van der Waals surface area contributed by atoms with Gasteiger partial charge in [-0.1, -0.05) is 41.1 Å². The maximum absolute atomic E-state index is 12.9. The summed E-state index contributed by atoms with van der Waals surface area (Å²) in [6.45, 7) is 8.00. The number of aliphatic imine (C=N–C) groups is 1. The molecule has 8 heteroatoms. The Morgan fingerprint density at radius 3 is 2.53 bits per heavy atom. The van der Waals surface area contributed by atoms with Crippen molar-refractivity contribution < 1.29 is 9.21 Å². The number of aryl methyl sites for hydroxylation is 3. The summed E-state index contributed by atoms with van der Waals surface area (Å²) in [5, 5.41) is 3.50. The first-order chi connectivity index (χ1) is 18.2. The third-order valence-corrected chi connectivity index (χ3v) is 8.48. The predicted octanol–water partition coefficient (Wildman–Crippen LogP) is 9.00. The minimum Gasteiger partial charge on any atom is -0.455 e. The molecule has 5 nitrogen and oxygen atoms in total. The summed E-state index contributed by atoms with van der Waals surface area (Å²) in [6, 6.07) is 21.4. The molecule has 2 heterocycles. The van der Waals surface area contributed by atoms with Gasteiger partial charge in [-0.15, -0.1) is 11.3 Å². The lowest BCUT2D eigenvalue weighted by molar-refractivity contribution is -0.115. The summed E-state index contributed by atoms with van der Waals surface area (Å²) in [5.41, 5.74) is 6.85. The number of carbonyl (C=O) groups is 1. The molecule has 2 aromatic heterocycles. The normalized spacial score (nSPS) is 12.3. The SMILES string of the molecule is Cc1cc(C)c(NC(=O)C(C)Sc2nc3ccc(N=Cc4ccc(-c5ccc(Cl)cc5)o4)cc3s2)c(C)c1. The number of thioether (sulfide) groups is 1. The summed E-state index contributed by atoms with van der Waals surface area (Å²) in [5.74, 6) is 1.38. The lowest BCUT2D eigenvalue weighted by Crippen LogP contribution is -2.23. The van der Waals surface area contributed by atoms with Crippen molar-refractivity contribution in [2.75, 3.05) is 5.32 Å². The number of benzene rings is 3. The van der Waals surface area contributed by atoms with Gasteiger partial charge in [0.1, 0.15) is 11.5 Å². The van der Waals surface area contributed by atoms with Gasteiger partial charge in [-0.25, -0.2) is 4.98 Å². The number of amides is 1. The molecule has 5 aromatic rings. The van der Waals surface area contributed by atoms with Gasteiger partial charge in [0, 0.05) is 16.3 Å². The molecule has 0 bridgehead atoms. The van der Waals surface area contributed by atoms with E-state index in [-0.39, 0.29) is 11.2 Å². The lowest BCUT2D eigenvalue weighted by atomic mass is 10.1. The van der Waals surface area contributed by atoms with Crippen LogP contribution >= 0.6 is 34.7 Å². The second kappa shape index (κ2) is 11.2. The fourth-order valence-electron chi connectivity index (χ4n) is 4.16. The zero-order valence-corrected chi connectivity index (χ0v) is 23.8. The second-order valence-electron chi connectivity index (χ2n) is 9.12. The average molecular weight is 560 g/mol. The summed E-state index contributed by atoms with van der Waals surface area (Å²) >= 11 is 9.00. The number of hydrogen-bond donors (Lipinski definition) is 1. The molecule has 0 saturated carbocycles. The minimum absolute atomic E-state index is 0.0361. The zero-order chi connectivity index (χ0) is 26.8. The van der Waals surface area contributed by atoms with Crippen LogP contribution in [-0.2, 0) is 4.79 Å². The Kier molecular flexibility index (Phi) is 7.70. The third-order valence-electron chi connectivity index (χ3n) is 6.02. The molecule has 0 aliphatic rings. The van der Waals surface area contributed by atoms with Crippen LogP contribution < -0.4 is 5.32 Å². The van der Waals surface area contributed by atoms with Gasteiger partial charge in [-0.05, 0) is 93.4 Å².